The van der Waals surface area contributed by atoms with Crippen LogP contribution in [0.3, 0.4) is 0 Å². The molecule has 1 aromatic rings. The molecule has 0 heterocycles. The second-order valence-electron chi connectivity index (χ2n) is 4.35. The number of nitrogens with two attached hydrogens (primary N) is 1. The molecular formula is C14H20F3NO2. The van der Waals surface area contributed by atoms with Crippen molar-refractivity contribution in [2.75, 3.05) is 19.8 Å². The summed E-state index contributed by atoms with van der Waals surface area (Å²) in [5, 5.41) is 0. The van der Waals surface area contributed by atoms with Crippen LogP contribution in [0.5, 0.6) is 5.75 Å². The Bertz CT molecular complexity index is 408. The van der Waals surface area contributed by atoms with Gasteiger partial charge in [-0.15, -0.1) is 0 Å². The molecule has 3 nitrogen and oxygen atoms in total. The van der Waals surface area contributed by atoms with E-state index >= 15 is 0 Å². The van der Waals surface area contributed by atoms with Crippen molar-refractivity contribution in [3.8, 4) is 5.75 Å². The molecular weight excluding hydrogens is 271 g/mol. The van der Waals surface area contributed by atoms with Crippen molar-refractivity contribution < 1.29 is 22.6 Å². The molecule has 0 saturated carbocycles. The fourth-order valence-electron chi connectivity index (χ4n) is 1.61. The Hall–Kier alpha value is -1.27. The second-order valence-corrected chi connectivity index (χ2v) is 4.35. The summed E-state index contributed by atoms with van der Waals surface area (Å²) >= 11 is 0. The summed E-state index contributed by atoms with van der Waals surface area (Å²) in [5.41, 5.74) is 4.98. The largest absolute Gasteiger partial charge is 0.491 e. The molecule has 0 aliphatic rings. The van der Waals surface area contributed by atoms with E-state index in [4.69, 9.17) is 15.2 Å². The summed E-state index contributed by atoms with van der Waals surface area (Å²) < 4.78 is 49.1. The SMILES string of the molecule is CCCCOCCOc1ccc(CN)cc1C(F)(F)F. The van der Waals surface area contributed by atoms with E-state index in [1.807, 2.05) is 6.92 Å². The van der Waals surface area contributed by atoms with Gasteiger partial charge in [0.15, 0.2) is 0 Å². The zero-order valence-corrected chi connectivity index (χ0v) is 11.5. The molecule has 2 N–H and O–H groups in total. The number of benzene rings is 1. The zero-order valence-electron chi connectivity index (χ0n) is 11.5. The minimum Gasteiger partial charge on any atom is -0.491 e. The van der Waals surface area contributed by atoms with E-state index in [2.05, 4.69) is 0 Å². The van der Waals surface area contributed by atoms with Gasteiger partial charge in [-0.1, -0.05) is 19.4 Å². The minimum absolute atomic E-state index is 0.0590. The van der Waals surface area contributed by atoms with Gasteiger partial charge in [0.25, 0.3) is 0 Å². The maximum Gasteiger partial charge on any atom is 0.419 e. The fourth-order valence-corrected chi connectivity index (χ4v) is 1.61. The summed E-state index contributed by atoms with van der Waals surface area (Å²) in [4.78, 5) is 0. The molecule has 1 rings (SSSR count). The van der Waals surface area contributed by atoms with Crippen LogP contribution in [0.2, 0.25) is 0 Å². The smallest absolute Gasteiger partial charge is 0.419 e. The summed E-state index contributed by atoms with van der Waals surface area (Å²) in [7, 11) is 0. The number of hydrogen-bond acceptors (Lipinski definition) is 3. The Balaban J connectivity index is 2.60. The van der Waals surface area contributed by atoms with Crippen LogP contribution in [-0.4, -0.2) is 19.8 Å². The molecule has 0 atom stereocenters. The molecule has 0 unspecified atom stereocenters. The Morgan fingerprint density at radius 1 is 1.15 bits per heavy atom. The molecule has 0 amide bonds. The highest BCUT2D eigenvalue weighted by atomic mass is 19.4. The first kappa shape index (κ1) is 16.8. The minimum atomic E-state index is -4.45. The normalized spacial score (nSPS) is 11.7. The Labute approximate surface area is 116 Å². The maximum atomic E-state index is 12.9. The summed E-state index contributed by atoms with van der Waals surface area (Å²) in [6.07, 6.45) is -2.51. The van der Waals surface area contributed by atoms with Gasteiger partial charge in [-0.25, -0.2) is 0 Å². The van der Waals surface area contributed by atoms with Crippen molar-refractivity contribution in [3.05, 3.63) is 29.3 Å². The average Bonchev–Trinajstić information content (AvgIpc) is 2.41. The van der Waals surface area contributed by atoms with Crippen molar-refractivity contribution >= 4 is 0 Å². The van der Waals surface area contributed by atoms with Gasteiger partial charge in [0.05, 0.1) is 12.2 Å². The van der Waals surface area contributed by atoms with Crippen LogP contribution >= 0.6 is 0 Å². The number of halogens is 3. The third kappa shape index (κ3) is 5.38. The van der Waals surface area contributed by atoms with E-state index in [-0.39, 0.29) is 25.5 Å². The molecule has 0 fully saturated rings. The number of hydrogen-bond donors (Lipinski definition) is 1. The molecule has 0 aliphatic heterocycles. The molecule has 0 aromatic heterocycles. The third-order valence-corrected chi connectivity index (χ3v) is 2.71. The van der Waals surface area contributed by atoms with Gasteiger partial charge < -0.3 is 15.2 Å². The number of unbranched alkanes of at least 4 members (excludes halogenated alkanes) is 1. The predicted molar refractivity (Wildman–Crippen MR) is 70.6 cm³/mol. The topological polar surface area (TPSA) is 44.5 Å². The van der Waals surface area contributed by atoms with Crippen molar-refractivity contribution in [2.45, 2.75) is 32.5 Å². The summed E-state index contributed by atoms with van der Waals surface area (Å²) in [6.45, 7) is 3.06. The Kier molecular flexibility index (Phi) is 6.81. The molecule has 0 saturated heterocycles. The van der Waals surface area contributed by atoms with Crippen LogP contribution in [0.4, 0.5) is 13.2 Å². The lowest BCUT2D eigenvalue weighted by Gasteiger charge is -2.15. The molecule has 0 bridgehead atoms. The van der Waals surface area contributed by atoms with Crippen molar-refractivity contribution in [1.82, 2.24) is 0 Å². The van der Waals surface area contributed by atoms with Gasteiger partial charge in [-0.05, 0) is 24.1 Å². The summed E-state index contributed by atoms with van der Waals surface area (Å²) in [5.74, 6) is -0.186. The highest BCUT2D eigenvalue weighted by molar-refractivity contribution is 5.39. The number of alkyl halides is 3. The first-order valence-electron chi connectivity index (χ1n) is 6.59. The fraction of sp³-hybridized carbons (Fsp3) is 0.571. The number of rotatable bonds is 8. The molecule has 0 radical (unpaired) electrons. The van der Waals surface area contributed by atoms with Crippen LogP contribution < -0.4 is 10.5 Å². The molecule has 0 spiro atoms. The van der Waals surface area contributed by atoms with Crippen molar-refractivity contribution in [2.24, 2.45) is 5.73 Å². The first-order valence-corrected chi connectivity index (χ1v) is 6.59. The lowest BCUT2D eigenvalue weighted by molar-refractivity contribution is -0.139. The summed E-state index contributed by atoms with van der Waals surface area (Å²) in [6, 6.07) is 3.85. The quantitative estimate of drug-likeness (QED) is 0.747. The predicted octanol–water partition coefficient (Wildman–Crippen LogP) is 3.36. The van der Waals surface area contributed by atoms with Crippen LogP contribution in [0.1, 0.15) is 30.9 Å². The van der Waals surface area contributed by atoms with Crippen LogP contribution in [-0.2, 0) is 17.5 Å². The van der Waals surface area contributed by atoms with Crippen molar-refractivity contribution in [1.29, 1.82) is 0 Å². The van der Waals surface area contributed by atoms with E-state index in [1.165, 1.54) is 12.1 Å². The Morgan fingerprint density at radius 3 is 2.50 bits per heavy atom. The van der Waals surface area contributed by atoms with E-state index < -0.39 is 11.7 Å². The van der Waals surface area contributed by atoms with Gasteiger partial charge in [-0.3, -0.25) is 0 Å². The third-order valence-electron chi connectivity index (χ3n) is 2.71. The van der Waals surface area contributed by atoms with Crippen molar-refractivity contribution in [3.63, 3.8) is 0 Å². The maximum absolute atomic E-state index is 12.9. The van der Waals surface area contributed by atoms with Gasteiger partial charge in [0.1, 0.15) is 12.4 Å². The molecule has 20 heavy (non-hydrogen) atoms. The lowest BCUT2D eigenvalue weighted by atomic mass is 10.1. The lowest BCUT2D eigenvalue weighted by Crippen LogP contribution is -2.13. The van der Waals surface area contributed by atoms with E-state index in [0.717, 1.165) is 18.9 Å². The first-order chi connectivity index (χ1) is 9.49. The van der Waals surface area contributed by atoms with E-state index in [1.54, 1.807) is 0 Å². The van der Waals surface area contributed by atoms with Crippen LogP contribution in [0.25, 0.3) is 0 Å². The molecule has 1 aromatic carbocycles. The zero-order chi connectivity index (χ0) is 15.0. The standard InChI is InChI=1S/C14H20F3NO2/c1-2-3-6-19-7-8-20-13-5-4-11(10-18)9-12(13)14(15,16)17/h4-5,9H,2-3,6-8,10,18H2,1H3. The average molecular weight is 291 g/mol. The highest BCUT2D eigenvalue weighted by Crippen LogP contribution is 2.36. The Morgan fingerprint density at radius 2 is 1.90 bits per heavy atom. The van der Waals surface area contributed by atoms with Crippen LogP contribution in [0, 0.1) is 0 Å². The number of ether oxygens (including phenoxy) is 2. The molecule has 0 aliphatic carbocycles. The van der Waals surface area contributed by atoms with E-state index in [0.29, 0.717) is 12.2 Å². The highest BCUT2D eigenvalue weighted by Gasteiger charge is 2.34. The van der Waals surface area contributed by atoms with Gasteiger partial charge in [0, 0.05) is 13.2 Å². The van der Waals surface area contributed by atoms with Gasteiger partial charge in [0.2, 0.25) is 0 Å². The second kappa shape index (κ2) is 8.11. The molecule has 6 heteroatoms. The molecule has 114 valence electrons. The van der Waals surface area contributed by atoms with Crippen LogP contribution in [0.15, 0.2) is 18.2 Å². The monoisotopic (exact) mass is 291 g/mol. The van der Waals surface area contributed by atoms with E-state index in [9.17, 15) is 13.2 Å². The van der Waals surface area contributed by atoms with Gasteiger partial charge in [-0.2, -0.15) is 13.2 Å². The van der Waals surface area contributed by atoms with Gasteiger partial charge >= 0.3 is 6.18 Å².